The summed E-state index contributed by atoms with van der Waals surface area (Å²) in [6.07, 6.45) is 1.57. The molecule has 0 saturated carbocycles. The summed E-state index contributed by atoms with van der Waals surface area (Å²) in [5, 5.41) is 4.00. The summed E-state index contributed by atoms with van der Waals surface area (Å²) in [6.45, 7) is 2.42. The highest BCUT2D eigenvalue weighted by Crippen LogP contribution is 2.02. The molecule has 0 fully saturated rings. The number of alkyl halides is 1. The molecule has 0 aliphatic heterocycles. The molecule has 12 heavy (non-hydrogen) atoms. The van der Waals surface area contributed by atoms with Gasteiger partial charge < -0.3 is 5.73 Å². The minimum atomic E-state index is -0.860. The van der Waals surface area contributed by atoms with Crippen molar-refractivity contribution in [3.8, 4) is 0 Å². The van der Waals surface area contributed by atoms with Gasteiger partial charge in [-0.05, 0) is 19.5 Å². The van der Waals surface area contributed by atoms with Crippen LogP contribution in [-0.4, -0.2) is 22.5 Å². The molecule has 0 spiro atoms. The quantitative estimate of drug-likeness (QED) is 0.726. The number of aromatic nitrogens is 2. The van der Waals surface area contributed by atoms with E-state index in [0.29, 0.717) is 13.1 Å². The van der Waals surface area contributed by atoms with Crippen LogP contribution in [0.1, 0.15) is 12.6 Å². The van der Waals surface area contributed by atoms with Crippen LogP contribution in [0.15, 0.2) is 12.3 Å². The van der Waals surface area contributed by atoms with Gasteiger partial charge in [-0.2, -0.15) is 5.10 Å². The first-order chi connectivity index (χ1) is 5.74. The number of nitrogens with two attached hydrogens (primary N) is 1. The van der Waals surface area contributed by atoms with Crippen molar-refractivity contribution in [2.75, 3.05) is 6.54 Å². The Morgan fingerprint density at radius 2 is 2.50 bits per heavy atom. The van der Waals surface area contributed by atoms with Gasteiger partial charge in [0.1, 0.15) is 6.17 Å². The van der Waals surface area contributed by atoms with Gasteiger partial charge in [0.05, 0.1) is 6.54 Å². The molecule has 4 heteroatoms. The van der Waals surface area contributed by atoms with E-state index in [4.69, 9.17) is 5.73 Å². The second kappa shape index (κ2) is 4.21. The Morgan fingerprint density at radius 1 is 1.75 bits per heavy atom. The normalized spacial score (nSPS) is 13.2. The van der Waals surface area contributed by atoms with Crippen LogP contribution >= 0.6 is 0 Å². The van der Waals surface area contributed by atoms with Gasteiger partial charge in [-0.1, -0.05) is 0 Å². The predicted octanol–water partition coefficient (Wildman–Crippen LogP) is 0.742. The summed E-state index contributed by atoms with van der Waals surface area (Å²) in [5.41, 5.74) is 6.39. The predicted molar refractivity (Wildman–Crippen MR) is 45.6 cm³/mol. The van der Waals surface area contributed by atoms with Crippen LogP contribution in [0.3, 0.4) is 0 Å². The summed E-state index contributed by atoms with van der Waals surface area (Å²) in [7, 11) is 0. The zero-order valence-corrected chi connectivity index (χ0v) is 7.20. The molecule has 1 aromatic heterocycles. The Hall–Kier alpha value is -0.900. The van der Waals surface area contributed by atoms with E-state index in [1.54, 1.807) is 10.9 Å². The Balaban J connectivity index is 2.63. The van der Waals surface area contributed by atoms with Gasteiger partial charge in [-0.15, -0.1) is 0 Å². The molecule has 0 aliphatic carbocycles. The highest BCUT2D eigenvalue weighted by molar-refractivity contribution is 5.00. The molecular weight excluding hydrogens is 157 g/mol. The Bertz CT molecular complexity index is 232. The molecule has 2 N–H and O–H groups in total. The van der Waals surface area contributed by atoms with E-state index < -0.39 is 6.17 Å². The fourth-order valence-electron chi connectivity index (χ4n) is 1.12. The highest BCUT2D eigenvalue weighted by atomic mass is 19.1. The molecule has 1 unspecified atom stereocenters. The molecule has 1 atom stereocenters. The molecule has 0 amide bonds. The lowest BCUT2D eigenvalue weighted by atomic mass is 10.3. The van der Waals surface area contributed by atoms with Crippen LogP contribution in [0.25, 0.3) is 0 Å². The number of nitrogens with zero attached hydrogens (tertiary/aromatic N) is 2. The molecule has 0 aromatic carbocycles. The molecule has 0 radical (unpaired) electrons. The maximum Gasteiger partial charge on any atom is 0.117 e. The average Bonchev–Trinajstić information content (AvgIpc) is 2.37. The highest BCUT2D eigenvalue weighted by Gasteiger charge is 2.04. The SMILES string of the molecule is CC(F)Cn1nccc1CCN. The van der Waals surface area contributed by atoms with Crippen molar-refractivity contribution in [3.05, 3.63) is 18.0 Å². The molecular formula is C8H14FN3. The molecule has 1 aromatic rings. The zero-order chi connectivity index (χ0) is 8.97. The van der Waals surface area contributed by atoms with Crippen LogP contribution < -0.4 is 5.73 Å². The van der Waals surface area contributed by atoms with E-state index in [2.05, 4.69) is 5.10 Å². The maximum absolute atomic E-state index is 12.6. The lowest BCUT2D eigenvalue weighted by molar-refractivity contribution is 0.305. The number of halogens is 1. The summed E-state index contributed by atoms with van der Waals surface area (Å²) in [4.78, 5) is 0. The molecule has 1 rings (SSSR count). The molecule has 1 heterocycles. The third-order valence-electron chi connectivity index (χ3n) is 1.63. The van der Waals surface area contributed by atoms with Crippen LogP contribution in [0, 0.1) is 0 Å². The van der Waals surface area contributed by atoms with Crippen LogP contribution in [0.4, 0.5) is 4.39 Å². The molecule has 3 nitrogen and oxygen atoms in total. The molecule has 0 aliphatic rings. The summed E-state index contributed by atoms with van der Waals surface area (Å²) in [6, 6.07) is 1.87. The van der Waals surface area contributed by atoms with Crippen molar-refractivity contribution in [2.24, 2.45) is 5.73 Å². The smallest absolute Gasteiger partial charge is 0.117 e. The maximum atomic E-state index is 12.6. The molecule has 0 saturated heterocycles. The summed E-state index contributed by atoms with van der Waals surface area (Å²) >= 11 is 0. The Labute approximate surface area is 71.4 Å². The van der Waals surface area contributed by atoms with Crippen molar-refractivity contribution in [1.29, 1.82) is 0 Å². The third-order valence-corrected chi connectivity index (χ3v) is 1.63. The van der Waals surface area contributed by atoms with Crippen LogP contribution in [-0.2, 0) is 13.0 Å². The zero-order valence-electron chi connectivity index (χ0n) is 7.20. The topological polar surface area (TPSA) is 43.8 Å². The van der Waals surface area contributed by atoms with Crippen LogP contribution in [0.5, 0.6) is 0 Å². The van der Waals surface area contributed by atoms with E-state index >= 15 is 0 Å². The van der Waals surface area contributed by atoms with Gasteiger partial charge in [0.25, 0.3) is 0 Å². The fourth-order valence-corrected chi connectivity index (χ4v) is 1.12. The largest absolute Gasteiger partial charge is 0.330 e. The first-order valence-corrected chi connectivity index (χ1v) is 4.09. The molecule has 68 valence electrons. The number of hydrogen-bond donors (Lipinski definition) is 1. The molecule has 0 bridgehead atoms. The fraction of sp³-hybridized carbons (Fsp3) is 0.625. The van der Waals surface area contributed by atoms with Gasteiger partial charge in [-0.3, -0.25) is 4.68 Å². The monoisotopic (exact) mass is 171 g/mol. The summed E-state index contributed by atoms with van der Waals surface area (Å²) < 4.78 is 14.3. The third kappa shape index (κ3) is 2.30. The van der Waals surface area contributed by atoms with Gasteiger partial charge in [-0.25, -0.2) is 4.39 Å². The van der Waals surface area contributed by atoms with E-state index in [9.17, 15) is 4.39 Å². The number of rotatable bonds is 4. The van der Waals surface area contributed by atoms with Gasteiger partial charge in [0.2, 0.25) is 0 Å². The standard InChI is InChI=1S/C8H14FN3/c1-7(9)6-12-8(2-4-10)3-5-11-12/h3,5,7H,2,4,6,10H2,1H3. The Kier molecular flexibility index (Phi) is 3.22. The van der Waals surface area contributed by atoms with Gasteiger partial charge in [0, 0.05) is 18.3 Å². The lowest BCUT2D eigenvalue weighted by Gasteiger charge is -2.06. The first kappa shape index (κ1) is 9.19. The van der Waals surface area contributed by atoms with Crippen molar-refractivity contribution in [3.63, 3.8) is 0 Å². The summed E-state index contributed by atoms with van der Waals surface area (Å²) in [5.74, 6) is 0. The second-order valence-electron chi connectivity index (χ2n) is 2.82. The first-order valence-electron chi connectivity index (χ1n) is 4.09. The van der Waals surface area contributed by atoms with Crippen molar-refractivity contribution in [2.45, 2.75) is 26.1 Å². The van der Waals surface area contributed by atoms with Gasteiger partial charge >= 0.3 is 0 Å². The second-order valence-corrected chi connectivity index (χ2v) is 2.82. The van der Waals surface area contributed by atoms with E-state index in [1.807, 2.05) is 6.07 Å². The van der Waals surface area contributed by atoms with E-state index in [0.717, 1.165) is 12.1 Å². The lowest BCUT2D eigenvalue weighted by Crippen LogP contribution is -2.14. The van der Waals surface area contributed by atoms with Crippen molar-refractivity contribution >= 4 is 0 Å². The van der Waals surface area contributed by atoms with Gasteiger partial charge in [0.15, 0.2) is 0 Å². The van der Waals surface area contributed by atoms with Crippen LogP contribution in [0.2, 0.25) is 0 Å². The minimum Gasteiger partial charge on any atom is -0.330 e. The number of hydrogen-bond acceptors (Lipinski definition) is 2. The van der Waals surface area contributed by atoms with E-state index in [1.165, 1.54) is 6.92 Å². The van der Waals surface area contributed by atoms with Crippen molar-refractivity contribution in [1.82, 2.24) is 9.78 Å². The average molecular weight is 171 g/mol. The Morgan fingerprint density at radius 3 is 3.08 bits per heavy atom. The van der Waals surface area contributed by atoms with Crippen molar-refractivity contribution < 1.29 is 4.39 Å². The minimum absolute atomic E-state index is 0.322. The van der Waals surface area contributed by atoms with E-state index in [-0.39, 0.29) is 0 Å².